The van der Waals surface area contributed by atoms with E-state index in [1.807, 2.05) is 0 Å². The van der Waals surface area contributed by atoms with E-state index < -0.39 is 16.7 Å². The molecule has 4 aromatic rings. The molecule has 176 valence electrons. The Bertz CT molecular complexity index is 1490. The maximum atomic E-state index is 13.2. The Hall–Kier alpha value is -4.86. The molecule has 0 unspecified atom stereocenters. The van der Waals surface area contributed by atoms with Crippen LogP contribution >= 0.6 is 0 Å². The third-order valence-electron chi connectivity index (χ3n) is 5.59. The predicted molar refractivity (Wildman–Crippen MR) is 127 cm³/mol. The molecule has 10 nitrogen and oxygen atoms in total. The van der Waals surface area contributed by atoms with Crippen LogP contribution in [0.4, 0.5) is 17.1 Å². The van der Waals surface area contributed by atoms with E-state index in [0.29, 0.717) is 41.4 Å². The Kier molecular flexibility index (Phi) is 5.54. The number of nitro groups is 1. The van der Waals surface area contributed by atoms with Crippen LogP contribution in [0.25, 0.3) is 11.0 Å². The zero-order valence-corrected chi connectivity index (χ0v) is 18.5. The highest BCUT2D eigenvalue weighted by atomic mass is 16.6. The van der Waals surface area contributed by atoms with Crippen molar-refractivity contribution in [3.05, 3.63) is 87.7 Å². The lowest BCUT2D eigenvalue weighted by Crippen LogP contribution is -2.19. The Labute approximate surface area is 198 Å². The molecule has 1 aliphatic heterocycles. The van der Waals surface area contributed by atoms with Gasteiger partial charge in [-0.05, 0) is 37.3 Å². The van der Waals surface area contributed by atoms with Crippen LogP contribution in [0.1, 0.15) is 26.5 Å². The summed E-state index contributed by atoms with van der Waals surface area (Å²) in [5.74, 6) is -0.223. The van der Waals surface area contributed by atoms with Gasteiger partial charge in [0.15, 0.2) is 11.5 Å². The summed E-state index contributed by atoms with van der Waals surface area (Å²) in [5, 5.41) is 17.3. The van der Waals surface area contributed by atoms with Gasteiger partial charge in [0.2, 0.25) is 5.76 Å². The van der Waals surface area contributed by atoms with Gasteiger partial charge >= 0.3 is 0 Å². The molecule has 3 aromatic carbocycles. The third-order valence-corrected chi connectivity index (χ3v) is 5.59. The van der Waals surface area contributed by atoms with E-state index in [4.69, 9.17) is 13.9 Å². The fraction of sp³-hybridized carbons (Fsp3) is 0.120. The number of para-hydroxylation sites is 1. The van der Waals surface area contributed by atoms with Crippen molar-refractivity contribution in [2.24, 2.45) is 0 Å². The molecule has 35 heavy (non-hydrogen) atoms. The molecule has 0 radical (unpaired) electrons. The molecule has 5 rings (SSSR count). The van der Waals surface area contributed by atoms with E-state index in [0.717, 1.165) is 0 Å². The Morgan fingerprint density at radius 2 is 1.69 bits per heavy atom. The first kappa shape index (κ1) is 22.0. The van der Waals surface area contributed by atoms with Crippen molar-refractivity contribution < 1.29 is 28.4 Å². The van der Waals surface area contributed by atoms with Crippen LogP contribution in [0, 0.1) is 17.0 Å². The fourth-order valence-electron chi connectivity index (χ4n) is 3.89. The minimum Gasteiger partial charge on any atom is -0.486 e. The van der Waals surface area contributed by atoms with Crippen molar-refractivity contribution in [3.8, 4) is 11.5 Å². The zero-order chi connectivity index (χ0) is 24.5. The minimum absolute atomic E-state index is 0.113. The summed E-state index contributed by atoms with van der Waals surface area (Å²) in [6.07, 6.45) is 0. The van der Waals surface area contributed by atoms with Crippen molar-refractivity contribution in [1.29, 1.82) is 0 Å². The zero-order valence-electron chi connectivity index (χ0n) is 18.5. The Morgan fingerprint density at radius 1 is 0.914 bits per heavy atom. The van der Waals surface area contributed by atoms with Crippen LogP contribution in [-0.2, 0) is 0 Å². The molecular weight excluding hydrogens is 454 g/mol. The molecule has 10 heteroatoms. The van der Waals surface area contributed by atoms with Gasteiger partial charge < -0.3 is 24.5 Å². The number of hydrogen-bond acceptors (Lipinski definition) is 7. The molecule has 0 saturated carbocycles. The SMILES string of the molecule is Cc1c(C(=O)Nc2c(C(=O)Nc3ccc4c(c3)OCCO4)oc3ccccc23)cccc1[N+](=O)[O-]. The maximum Gasteiger partial charge on any atom is 0.293 e. The highest BCUT2D eigenvalue weighted by Crippen LogP contribution is 2.35. The second-order valence-corrected chi connectivity index (χ2v) is 7.78. The number of hydrogen-bond donors (Lipinski definition) is 2. The molecule has 2 N–H and O–H groups in total. The molecule has 0 spiro atoms. The van der Waals surface area contributed by atoms with Crippen molar-refractivity contribution in [2.45, 2.75) is 6.92 Å². The third kappa shape index (κ3) is 4.12. The van der Waals surface area contributed by atoms with E-state index in [1.54, 1.807) is 42.5 Å². The van der Waals surface area contributed by atoms with Gasteiger partial charge in [-0.25, -0.2) is 0 Å². The number of carbonyl (C=O) groups is 2. The first-order chi connectivity index (χ1) is 16.9. The van der Waals surface area contributed by atoms with Crippen LogP contribution in [0.2, 0.25) is 0 Å². The van der Waals surface area contributed by atoms with Gasteiger partial charge in [-0.3, -0.25) is 19.7 Å². The van der Waals surface area contributed by atoms with Crippen molar-refractivity contribution in [3.63, 3.8) is 0 Å². The predicted octanol–water partition coefficient (Wildman–Crippen LogP) is 4.93. The largest absolute Gasteiger partial charge is 0.486 e. The van der Waals surface area contributed by atoms with E-state index >= 15 is 0 Å². The van der Waals surface area contributed by atoms with Gasteiger partial charge in [-0.2, -0.15) is 0 Å². The van der Waals surface area contributed by atoms with Crippen LogP contribution < -0.4 is 20.1 Å². The van der Waals surface area contributed by atoms with Gasteiger partial charge in [-0.15, -0.1) is 0 Å². The normalized spacial score (nSPS) is 12.3. The molecule has 0 atom stereocenters. The molecular formula is C25H19N3O7. The quantitative estimate of drug-likeness (QED) is 0.310. The van der Waals surface area contributed by atoms with E-state index in [-0.39, 0.29) is 28.3 Å². The summed E-state index contributed by atoms with van der Waals surface area (Å²) in [5.41, 5.74) is 1.16. The number of anilines is 2. The molecule has 0 saturated heterocycles. The number of nitrogens with one attached hydrogen (secondary N) is 2. The number of rotatable bonds is 5. The summed E-state index contributed by atoms with van der Waals surface area (Å²) in [7, 11) is 0. The lowest BCUT2D eigenvalue weighted by Gasteiger charge is -2.18. The highest BCUT2D eigenvalue weighted by molar-refractivity contribution is 6.17. The summed E-state index contributed by atoms with van der Waals surface area (Å²) in [4.78, 5) is 37.0. The number of fused-ring (bicyclic) bond motifs is 2. The van der Waals surface area contributed by atoms with Crippen LogP contribution in [0.5, 0.6) is 11.5 Å². The summed E-state index contributed by atoms with van der Waals surface area (Å²) < 4.78 is 16.8. The lowest BCUT2D eigenvalue weighted by atomic mass is 10.1. The van der Waals surface area contributed by atoms with Crippen LogP contribution in [0.3, 0.4) is 0 Å². The molecule has 2 heterocycles. The number of nitrogens with zero attached hydrogens (tertiary/aromatic N) is 1. The molecule has 0 fully saturated rings. The molecule has 0 aliphatic carbocycles. The first-order valence-corrected chi connectivity index (χ1v) is 10.7. The maximum absolute atomic E-state index is 13.2. The standard InChI is InChI=1S/C25H19N3O7/c1-14-16(6-4-7-18(14)28(31)32)24(29)27-22-17-5-2-3-8-19(17)35-23(22)25(30)26-15-9-10-20-21(13-15)34-12-11-33-20/h2-10,13H,11-12H2,1H3,(H,26,30)(H,27,29). The average molecular weight is 473 g/mol. The van der Waals surface area contributed by atoms with E-state index in [9.17, 15) is 19.7 Å². The lowest BCUT2D eigenvalue weighted by molar-refractivity contribution is -0.385. The van der Waals surface area contributed by atoms with Gasteiger partial charge in [0.1, 0.15) is 24.5 Å². The summed E-state index contributed by atoms with van der Waals surface area (Å²) >= 11 is 0. The number of ether oxygens (including phenoxy) is 2. The van der Waals surface area contributed by atoms with Gasteiger partial charge in [0, 0.05) is 34.3 Å². The van der Waals surface area contributed by atoms with Gasteiger partial charge in [-0.1, -0.05) is 18.2 Å². The van der Waals surface area contributed by atoms with Crippen molar-refractivity contribution in [1.82, 2.24) is 0 Å². The second-order valence-electron chi connectivity index (χ2n) is 7.78. The van der Waals surface area contributed by atoms with E-state index in [2.05, 4.69) is 10.6 Å². The first-order valence-electron chi connectivity index (χ1n) is 10.7. The highest BCUT2D eigenvalue weighted by Gasteiger charge is 2.25. The molecule has 1 aromatic heterocycles. The van der Waals surface area contributed by atoms with Crippen LogP contribution in [0.15, 0.2) is 65.1 Å². The molecule has 1 aliphatic rings. The number of nitro benzene ring substituents is 1. The van der Waals surface area contributed by atoms with Gasteiger partial charge in [0.05, 0.1) is 4.92 Å². The second kappa shape index (κ2) is 8.82. The summed E-state index contributed by atoms with van der Waals surface area (Å²) in [6.45, 7) is 2.35. The topological polar surface area (TPSA) is 133 Å². The smallest absolute Gasteiger partial charge is 0.293 e. The summed E-state index contributed by atoms with van der Waals surface area (Å²) in [6, 6.07) is 16.1. The number of carbonyl (C=O) groups excluding carboxylic acids is 2. The molecule has 2 amide bonds. The van der Waals surface area contributed by atoms with E-state index in [1.165, 1.54) is 25.1 Å². The Morgan fingerprint density at radius 3 is 2.49 bits per heavy atom. The van der Waals surface area contributed by atoms with Gasteiger partial charge in [0.25, 0.3) is 17.5 Å². The van der Waals surface area contributed by atoms with Crippen LogP contribution in [-0.4, -0.2) is 30.0 Å². The van der Waals surface area contributed by atoms with Crippen molar-refractivity contribution in [2.75, 3.05) is 23.8 Å². The fourth-order valence-corrected chi connectivity index (χ4v) is 3.89. The monoisotopic (exact) mass is 473 g/mol. The average Bonchev–Trinajstić information content (AvgIpc) is 3.22. The van der Waals surface area contributed by atoms with Crippen molar-refractivity contribution >= 4 is 39.8 Å². The number of amides is 2. The number of furan rings is 1. The minimum atomic E-state index is -0.605. The number of benzene rings is 3. The molecule has 0 bridgehead atoms. The Balaban J connectivity index is 1.48.